The Morgan fingerprint density at radius 1 is 1.33 bits per heavy atom. The first-order valence-electron chi connectivity index (χ1n) is 9.82. The first-order chi connectivity index (χ1) is 12.9. The summed E-state index contributed by atoms with van der Waals surface area (Å²) >= 11 is 0. The smallest absolute Gasteiger partial charge is 0.237 e. The Morgan fingerprint density at radius 2 is 2.07 bits per heavy atom. The van der Waals surface area contributed by atoms with Crippen LogP contribution >= 0.6 is 0 Å². The molecule has 0 spiro atoms. The first-order valence-corrected chi connectivity index (χ1v) is 9.82. The van der Waals surface area contributed by atoms with Gasteiger partial charge >= 0.3 is 0 Å². The topological polar surface area (TPSA) is 85.8 Å². The lowest BCUT2D eigenvalue weighted by atomic mass is 9.87. The molecule has 2 aliphatic rings. The highest BCUT2D eigenvalue weighted by atomic mass is 16.3. The number of aromatic nitrogens is 1. The zero-order valence-electron chi connectivity index (χ0n) is 16.2. The molecule has 0 unspecified atom stereocenters. The molecule has 2 fully saturated rings. The van der Waals surface area contributed by atoms with Gasteiger partial charge in [-0.3, -0.25) is 19.5 Å². The Hall–Kier alpha value is -1.99. The van der Waals surface area contributed by atoms with Crippen LogP contribution in [0.3, 0.4) is 0 Å². The highest BCUT2D eigenvalue weighted by molar-refractivity contribution is 5.88. The van der Waals surface area contributed by atoms with E-state index in [4.69, 9.17) is 0 Å². The maximum atomic E-state index is 12.8. The van der Waals surface area contributed by atoms with Crippen LogP contribution in [0.4, 0.5) is 0 Å². The lowest BCUT2D eigenvalue weighted by molar-refractivity contribution is -0.142. The summed E-state index contributed by atoms with van der Waals surface area (Å²) in [5.41, 5.74) is -0.323. The fraction of sp³-hybridized carbons (Fsp3) is 0.650. The summed E-state index contributed by atoms with van der Waals surface area (Å²) in [6, 6.07) is 5.12. The van der Waals surface area contributed by atoms with Gasteiger partial charge in [-0.25, -0.2) is 0 Å². The fourth-order valence-electron chi connectivity index (χ4n) is 3.99. The van der Waals surface area contributed by atoms with Crippen molar-refractivity contribution in [1.29, 1.82) is 0 Å². The Morgan fingerprint density at radius 3 is 2.70 bits per heavy atom. The van der Waals surface area contributed by atoms with Crippen molar-refractivity contribution in [3.63, 3.8) is 0 Å². The number of pyridine rings is 1. The van der Waals surface area contributed by atoms with Gasteiger partial charge in [0.25, 0.3) is 0 Å². The number of hydrogen-bond acceptors (Lipinski definition) is 5. The third kappa shape index (κ3) is 4.65. The predicted octanol–water partition coefficient (Wildman–Crippen LogP) is 0.738. The number of likely N-dealkylation sites (tertiary alicyclic amines) is 1. The van der Waals surface area contributed by atoms with Crippen molar-refractivity contribution in [1.82, 2.24) is 20.1 Å². The van der Waals surface area contributed by atoms with Crippen LogP contribution in [0, 0.1) is 5.92 Å². The maximum Gasteiger partial charge on any atom is 0.237 e. The van der Waals surface area contributed by atoms with E-state index in [1.807, 2.05) is 18.2 Å². The SMILES string of the molecule is CC(C)CN1CCNC(=O)[C@H]1CC(=O)N1CCC(O)(c2ccccn2)CC1. The molecule has 2 saturated heterocycles. The third-order valence-electron chi connectivity index (χ3n) is 5.49. The van der Waals surface area contributed by atoms with Crippen LogP contribution in [-0.4, -0.2) is 70.5 Å². The van der Waals surface area contributed by atoms with E-state index in [9.17, 15) is 14.7 Å². The van der Waals surface area contributed by atoms with Crippen LogP contribution in [0.15, 0.2) is 24.4 Å². The lowest BCUT2D eigenvalue weighted by Crippen LogP contribution is -2.57. The highest BCUT2D eigenvalue weighted by Crippen LogP contribution is 2.31. The minimum absolute atomic E-state index is 0.0196. The van der Waals surface area contributed by atoms with Gasteiger partial charge in [-0.2, -0.15) is 0 Å². The Labute approximate surface area is 160 Å². The summed E-state index contributed by atoms with van der Waals surface area (Å²) in [5.74, 6) is 0.364. The maximum absolute atomic E-state index is 12.8. The van der Waals surface area contributed by atoms with Crippen molar-refractivity contribution < 1.29 is 14.7 Å². The molecule has 2 aliphatic heterocycles. The van der Waals surface area contributed by atoms with E-state index in [0.717, 1.165) is 13.1 Å². The predicted molar refractivity (Wildman–Crippen MR) is 102 cm³/mol. The van der Waals surface area contributed by atoms with Crippen LogP contribution in [0.1, 0.15) is 38.8 Å². The molecule has 1 aromatic heterocycles. The van der Waals surface area contributed by atoms with E-state index in [2.05, 4.69) is 29.0 Å². The molecule has 0 aliphatic carbocycles. The van der Waals surface area contributed by atoms with E-state index in [1.54, 1.807) is 11.1 Å². The van der Waals surface area contributed by atoms with E-state index in [-0.39, 0.29) is 18.2 Å². The number of piperazine rings is 1. The molecule has 1 aromatic rings. The molecule has 1 atom stereocenters. The molecule has 2 amide bonds. The van der Waals surface area contributed by atoms with Crippen LogP contribution < -0.4 is 5.32 Å². The van der Waals surface area contributed by atoms with Gasteiger partial charge in [-0.15, -0.1) is 0 Å². The summed E-state index contributed by atoms with van der Waals surface area (Å²) in [6.07, 6.45) is 2.79. The summed E-state index contributed by atoms with van der Waals surface area (Å²) in [6.45, 7) is 7.42. The Balaban J connectivity index is 1.59. The van der Waals surface area contributed by atoms with Gasteiger partial charge in [0, 0.05) is 38.9 Å². The van der Waals surface area contributed by atoms with Crippen molar-refractivity contribution in [2.75, 3.05) is 32.7 Å². The van der Waals surface area contributed by atoms with Crippen LogP contribution in [-0.2, 0) is 15.2 Å². The molecular formula is C20H30N4O3. The lowest BCUT2D eigenvalue weighted by Gasteiger charge is -2.40. The van der Waals surface area contributed by atoms with Gasteiger partial charge in [0.05, 0.1) is 18.2 Å². The average Bonchev–Trinajstić information content (AvgIpc) is 2.65. The normalized spacial score (nSPS) is 23.3. The number of amides is 2. The first kappa shape index (κ1) is 19.8. The number of nitrogens with one attached hydrogen (secondary N) is 1. The molecule has 148 valence electrons. The molecule has 3 rings (SSSR count). The number of hydrogen-bond donors (Lipinski definition) is 2. The summed E-state index contributed by atoms with van der Waals surface area (Å²) in [5, 5.41) is 13.8. The number of nitrogens with zero attached hydrogens (tertiary/aromatic N) is 3. The van der Waals surface area contributed by atoms with Crippen molar-refractivity contribution in [3.05, 3.63) is 30.1 Å². The van der Waals surface area contributed by atoms with E-state index in [0.29, 0.717) is 44.1 Å². The average molecular weight is 374 g/mol. The molecule has 0 aromatic carbocycles. The monoisotopic (exact) mass is 374 g/mol. The molecule has 0 saturated carbocycles. The van der Waals surface area contributed by atoms with Gasteiger partial charge in [0.2, 0.25) is 11.8 Å². The zero-order chi connectivity index (χ0) is 19.4. The van der Waals surface area contributed by atoms with E-state index < -0.39 is 11.6 Å². The fourth-order valence-corrected chi connectivity index (χ4v) is 3.99. The van der Waals surface area contributed by atoms with Crippen molar-refractivity contribution in [3.8, 4) is 0 Å². The van der Waals surface area contributed by atoms with Crippen molar-refractivity contribution >= 4 is 11.8 Å². The quantitative estimate of drug-likeness (QED) is 0.794. The molecule has 7 heteroatoms. The Bertz CT molecular complexity index is 656. The van der Waals surface area contributed by atoms with E-state index in [1.165, 1.54) is 0 Å². The number of piperidine rings is 1. The largest absolute Gasteiger partial charge is 0.383 e. The van der Waals surface area contributed by atoms with Crippen LogP contribution in [0.2, 0.25) is 0 Å². The van der Waals surface area contributed by atoms with Gasteiger partial charge in [0.1, 0.15) is 5.60 Å². The molecule has 7 nitrogen and oxygen atoms in total. The Kier molecular flexibility index (Phi) is 6.11. The van der Waals surface area contributed by atoms with Gasteiger partial charge < -0.3 is 15.3 Å². The van der Waals surface area contributed by atoms with Crippen LogP contribution in [0.5, 0.6) is 0 Å². The summed E-state index contributed by atoms with van der Waals surface area (Å²) < 4.78 is 0. The molecule has 2 N–H and O–H groups in total. The minimum atomic E-state index is -0.982. The highest BCUT2D eigenvalue weighted by Gasteiger charge is 2.38. The summed E-state index contributed by atoms with van der Waals surface area (Å²) in [7, 11) is 0. The number of rotatable bonds is 5. The van der Waals surface area contributed by atoms with Crippen molar-refractivity contribution in [2.45, 2.75) is 44.8 Å². The second-order valence-corrected chi connectivity index (χ2v) is 8.03. The molecule has 0 radical (unpaired) electrons. The number of aliphatic hydroxyl groups is 1. The standard InChI is InChI=1S/C20H30N4O3/c1-15(2)14-24-12-9-22-19(26)16(24)13-18(25)23-10-6-20(27,7-11-23)17-5-3-4-8-21-17/h3-5,8,15-16,27H,6-7,9-14H2,1-2H3,(H,22,26)/t16-/m1/s1. The minimum Gasteiger partial charge on any atom is -0.383 e. The molecule has 3 heterocycles. The van der Waals surface area contributed by atoms with Crippen molar-refractivity contribution in [2.24, 2.45) is 5.92 Å². The second-order valence-electron chi connectivity index (χ2n) is 8.03. The summed E-state index contributed by atoms with van der Waals surface area (Å²) in [4.78, 5) is 33.3. The molecule has 0 bridgehead atoms. The van der Waals surface area contributed by atoms with Gasteiger partial charge in [-0.1, -0.05) is 19.9 Å². The zero-order valence-corrected chi connectivity index (χ0v) is 16.2. The third-order valence-corrected chi connectivity index (χ3v) is 5.49. The number of carbonyl (C=O) groups excluding carboxylic acids is 2. The number of carbonyl (C=O) groups is 2. The second kappa shape index (κ2) is 8.35. The van der Waals surface area contributed by atoms with Gasteiger partial charge in [-0.05, 0) is 30.9 Å². The van der Waals surface area contributed by atoms with Crippen LogP contribution in [0.25, 0.3) is 0 Å². The van der Waals surface area contributed by atoms with E-state index >= 15 is 0 Å². The molecular weight excluding hydrogens is 344 g/mol. The molecule has 27 heavy (non-hydrogen) atoms. The van der Waals surface area contributed by atoms with Gasteiger partial charge in [0.15, 0.2) is 0 Å².